The van der Waals surface area contributed by atoms with Crippen LogP contribution in [0.15, 0.2) is 34.7 Å². The number of rotatable bonds is 5. The summed E-state index contributed by atoms with van der Waals surface area (Å²) >= 11 is -0.962. The first-order chi connectivity index (χ1) is 9.13. The van der Waals surface area contributed by atoms with Crippen molar-refractivity contribution in [1.29, 1.82) is 0 Å². The van der Waals surface area contributed by atoms with Crippen LogP contribution in [-0.4, -0.2) is 16.6 Å². The third kappa shape index (κ3) is 3.28. The molecule has 0 heterocycles. The van der Waals surface area contributed by atoms with E-state index in [9.17, 15) is 9.35 Å². The maximum absolute atomic E-state index is 12.0. The molecule has 2 nitrogen and oxygen atoms in total. The largest absolute Gasteiger partial charge is 0.612 e. The van der Waals surface area contributed by atoms with Gasteiger partial charge in [-0.25, -0.2) is 0 Å². The molecule has 19 heavy (non-hydrogen) atoms. The molecule has 0 aliphatic heterocycles. The monoisotopic (exact) mass is 276 g/mol. The number of hydrogen-bond donors (Lipinski definition) is 0. The molecule has 0 bridgehead atoms. The second kappa shape index (κ2) is 6.40. The molecule has 0 aromatic heterocycles. The van der Waals surface area contributed by atoms with Crippen LogP contribution in [0.2, 0.25) is 0 Å². The average molecular weight is 276 g/mol. The second-order valence-electron chi connectivity index (χ2n) is 4.98. The van der Waals surface area contributed by atoms with Gasteiger partial charge in [-0.15, -0.1) is 0 Å². The number of carbonyl (C=O) groups is 1. The Labute approximate surface area is 118 Å². The van der Waals surface area contributed by atoms with Gasteiger partial charge in [0, 0.05) is 12.0 Å². The van der Waals surface area contributed by atoms with Crippen LogP contribution in [0.5, 0.6) is 0 Å². The molecule has 1 atom stereocenters. The van der Waals surface area contributed by atoms with Crippen LogP contribution >= 0.6 is 0 Å². The number of unbranched alkanes of at least 4 members (excludes halogenated alkanes) is 1. The van der Waals surface area contributed by atoms with Crippen LogP contribution in [0.25, 0.3) is 5.57 Å². The van der Waals surface area contributed by atoms with E-state index in [1.807, 2.05) is 24.3 Å². The molecule has 0 amide bonds. The maximum atomic E-state index is 12.0. The maximum Gasteiger partial charge on any atom is 0.163 e. The lowest BCUT2D eigenvalue weighted by Gasteiger charge is -2.08. The minimum absolute atomic E-state index is 0.261. The molecule has 0 saturated carbocycles. The zero-order chi connectivity index (χ0) is 13.8. The molecule has 0 radical (unpaired) electrons. The van der Waals surface area contributed by atoms with Crippen LogP contribution in [0.4, 0.5) is 0 Å². The number of benzene rings is 1. The summed E-state index contributed by atoms with van der Waals surface area (Å²) in [6, 6.07) is 7.59. The minimum atomic E-state index is -0.962. The molecule has 102 valence electrons. The van der Waals surface area contributed by atoms with Gasteiger partial charge in [-0.1, -0.05) is 18.9 Å². The van der Waals surface area contributed by atoms with E-state index >= 15 is 0 Å². The van der Waals surface area contributed by atoms with Crippen molar-refractivity contribution in [1.82, 2.24) is 0 Å². The van der Waals surface area contributed by atoms with Crippen LogP contribution in [0, 0.1) is 0 Å². The molecular weight excluding hydrogens is 256 g/mol. The molecule has 1 aromatic rings. The fraction of sp³-hybridized carbons (Fsp3) is 0.438. The predicted octanol–water partition coefficient (Wildman–Crippen LogP) is 3.73. The fourth-order valence-corrected chi connectivity index (χ4v) is 3.05. The smallest absolute Gasteiger partial charge is 0.163 e. The molecule has 0 fully saturated rings. The second-order valence-corrected chi connectivity index (χ2v) is 6.36. The molecule has 1 aromatic carbocycles. The van der Waals surface area contributed by atoms with E-state index in [1.165, 1.54) is 5.57 Å². The van der Waals surface area contributed by atoms with E-state index in [4.69, 9.17) is 0 Å². The van der Waals surface area contributed by atoms with Gasteiger partial charge < -0.3 is 4.55 Å². The Bertz CT molecular complexity index is 486. The number of hydrogen-bond acceptors (Lipinski definition) is 2. The lowest BCUT2D eigenvalue weighted by molar-refractivity contribution is -0.113. The van der Waals surface area contributed by atoms with E-state index < -0.39 is 11.2 Å². The fourth-order valence-electron chi connectivity index (χ4n) is 2.53. The standard InChI is InChI=1S/C16H20O2S/c1-3-4-5-12-8-11-15(17)16(12)13-6-9-14(10-7-13)19(2)18/h6-7,9-10H,3-5,8,11H2,1-2H3. The Hall–Kier alpha value is -1.06. The van der Waals surface area contributed by atoms with Gasteiger partial charge >= 0.3 is 0 Å². The summed E-state index contributed by atoms with van der Waals surface area (Å²) in [5.41, 5.74) is 3.21. The summed E-state index contributed by atoms with van der Waals surface area (Å²) in [5.74, 6) is 0.261. The Morgan fingerprint density at radius 2 is 1.89 bits per heavy atom. The lowest BCUT2D eigenvalue weighted by atomic mass is 9.98. The summed E-state index contributed by atoms with van der Waals surface area (Å²) in [7, 11) is 0. The van der Waals surface area contributed by atoms with Crippen LogP contribution < -0.4 is 0 Å². The van der Waals surface area contributed by atoms with Crippen molar-refractivity contribution in [3.8, 4) is 0 Å². The molecule has 0 saturated heterocycles. The van der Waals surface area contributed by atoms with Crippen molar-refractivity contribution >= 4 is 22.5 Å². The lowest BCUT2D eigenvalue weighted by Crippen LogP contribution is -1.99. The average Bonchev–Trinajstić information content (AvgIpc) is 2.77. The van der Waals surface area contributed by atoms with E-state index in [1.54, 1.807) is 6.26 Å². The molecule has 0 N–H and O–H groups in total. The molecular formula is C16H20O2S. The summed E-state index contributed by atoms with van der Waals surface area (Å²) in [6.07, 6.45) is 6.55. The number of Topliss-reactive ketones (excluding diaryl/α,β-unsaturated/α-hetero) is 1. The third-order valence-electron chi connectivity index (χ3n) is 3.59. The highest BCUT2D eigenvalue weighted by atomic mass is 32.2. The Morgan fingerprint density at radius 1 is 1.21 bits per heavy atom. The molecule has 0 spiro atoms. The quantitative estimate of drug-likeness (QED) is 0.769. The number of allylic oxidation sites excluding steroid dienone is 2. The molecule has 1 aliphatic rings. The summed E-state index contributed by atoms with van der Waals surface area (Å²) in [5, 5.41) is 0. The van der Waals surface area contributed by atoms with E-state index in [0.717, 1.165) is 41.7 Å². The summed E-state index contributed by atoms with van der Waals surface area (Å²) in [4.78, 5) is 12.9. The summed E-state index contributed by atoms with van der Waals surface area (Å²) in [6.45, 7) is 2.17. The normalized spacial score (nSPS) is 17.1. The van der Waals surface area contributed by atoms with Gasteiger partial charge in [0.2, 0.25) is 0 Å². The molecule has 3 heteroatoms. The Balaban J connectivity index is 2.28. The van der Waals surface area contributed by atoms with Gasteiger partial charge in [-0.3, -0.25) is 4.79 Å². The van der Waals surface area contributed by atoms with Crippen LogP contribution in [0.3, 0.4) is 0 Å². The third-order valence-corrected chi connectivity index (χ3v) is 4.53. The van der Waals surface area contributed by atoms with Crippen molar-refractivity contribution in [2.75, 3.05) is 6.26 Å². The van der Waals surface area contributed by atoms with E-state index in [0.29, 0.717) is 6.42 Å². The number of carbonyl (C=O) groups excluding carboxylic acids is 1. The molecule has 1 unspecified atom stereocenters. The van der Waals surface area contributed by atoms with E-state index in [-0.39, 0.29) is 5.78 Å². The number of ketones is 1. The Kier molecular flexibility index (Phi) is 4.83. The van der Waals surface area contributed by atoms with Crippen molar-refractivity contribution in [2.24, 2.45) is 0 Å². The van der Waals surface area contributed by atoms with Gasteiger partial charge in [-0.05, 0) is 60.3 Å². The van der Waals surface area contributed by atoms with E-state index in [2.05, 4.69) is 6.92 Å². The van der Waals surface area contributed by atoms with Crippen molar-refractivity contribution in [2.45, 2.75) is 43.9 Å². The zero-order valence-corrected chi connectivity index (χ0v) is 12.4. The Morgan fingerprint density at radius 3 is 2.47 bits per heavy atom. The van der Waals surface area contributed by atoms with Crippen LogP contribution in [0.1, 0.15) is 44.6 Å². The van der Waals surface area contributed by atoms with Gasteiger partial charge in [0.25, 0.3) is 0 Å². The minimum Gasteiger partial charge on any atom is -0.612 e. The van der Waals surface area contributed by atoms with Crippen LogP contribution in [-0.2, 0) is 16.0 Å². The van der Waals surface area contributed by atoms with Gasteiger partial charge in [0.15, 0.2) is 10.7 Å². The van der Waals surface area contributed by atoms with Gasteiger partial charge in [-0.2, -0.15) is 0 Å². The van der Waals surface area contributed by atoms with Gasteiger partial charge in [0.05, 0.1) is 0 Å². The topological polar surface area (TPSA) is 40.1 Å². The molecule has 1 aliphatic carbocycles. The van der Waals surface area contributed by atoms with Crippen molar-refractivity contribution < 1.29 is 9.35 Å². The molecule has 2 rings (SSSR count). The predicted molar refractivity (Wildman–Crippen MR) is 79.5 cm³/mol. The zero-order valence-electron chi connectivity index (χ0n) is 11.6. The first-order valence-electron chi connectivity index (χ1n) is 6.82. The van der Waals surface area contributed by atoms with Gasteiger partial charge in [0.1, 0.15) is 6.26 Å². The highest BCUT2D eigenvalue weighted by molar-refractivity contribution is 7.90. The highest BCUT2D eigenvalue weighted by Gasteiger charge is 2.23. The first kappa shape index (κ1) is 14.4. The summed E-state index contributed by atoms with van der Waals surface area (Å²) < 4.78 is 11.4. The SMILES string of the molecule is CCCCC1=C(c2ccc([S+](C)[O-])cc2)C(=O)CC1. The van der Waals surface area contributed by atoms with Crippen molar-refractivity contribution in [3.63, 3.8) is 0 Å². The highest BCUT2D eigenvalue weighted by Crippen LogP contribution is 2.34. The first-order valence-corrected chi connectivity index (χ1v) is 8.38. The van der Waals surface area contributed by atoms with Crippen molar-refractivity contribution in [3.05, 3.63) is 35.4 Å².